The smallest absolute Gasteiger partial charge is 0.161 e. The van der Waals surface area contributed by atoms with E-state index in [0.29, 0.717) is 12.5 Å². The summed E-state index contributed by atoms with van der Waals surface area (Å²) in [4.78, 5) is 2.48. The summed E-state index contributed by atoms with van der Waals surface area (Å²) in [7, 11) is 0. The van der Waals surface area contributed by atoms with E-state index in [1.165, 1.54) is 12.0 Å². The fourth-order valence-electron chi connectivity index (χ4n) is 2.83. The van der Waals surface area contributed by atoms with Gasteiger partial charge in [0.2, 0.25) is 0 Å². The fourth-order valence-corrected chi connectivity index (χ4v) is 2.83. The molecule has 0 N–H and O–H groups in total. The van der Waals surface area contributed by atoms with Crippen LogP contribution in [-0.4, -0.2) is 51.0 Å². The molecule has 1 heterocycles. The van der Waals surface area contributed by atoms with Gasteiger partial charge in [-0.3, -0.25) is 4.90 Å². The van der Waals surface area contributed by atoms with Gasteiger partial charge in [-0.05, 0) is 56.3 Å². The molecule has 0 aromatic heterocycles. The summed E-state index contributed by atoms with van der Waals surface area (Å²) in [5, 5.41) is 0. The van der Waals surface area contributed by atoms with E-state index in [9.17, 15) is 0 Å². The summed E-state index contributed by atoms with van der Waals surface area (Å²) in [5.41, 5.74) is 1.32. The molecule has 0 radical (unpaired) electrons. The van der Waals surface area contributed by atoms with E-state index < -0.39 is 0 Å². The third-order valence-corrected chi connectivity index (χ3v) is 4.30. The number of nitrogens with zero attached hydrogens (tertiary/aromatic N) is 1. The average molecular weight is 335 g/mol. The van der Waals surface area contributed by atoms with Crippen LogP contribution in [-0.2, 0) is 11.2 Å². The van der Waals surface area contributed by atoms with Crippen LogP contribution in [0.4, 0.5) is 0 Å². The monoisotopic (exact) mass is 335 g/mol. The summed E-state index contributed by atoms with van der Waals surface area (Å²) in [6.07, 6.45) is 3.30. The van der Waals surface area contributed by atoms with Gasteiger partial charge < -0.3 is 14.2 Å². The quantitative estimate of drug-likeness (QED) is 0.651. The van der Waals surface area contributed by atoms with Crippen LogP contribution >= 0.6 is 0 Å². The largest absolute Gasteiger partial charge is 0.490 e. The van der Waals surface area contributed by atoms with Gasteiger partial charge in [-0.15, -0.1) is 0 Å². The second kappa shape index (κ2) is 10.6. The van der Waals surface area contributed by atoms with Gasteiger partial charge in [-0.1, -0.05) is 19.9 Å². The minimum absolute atomic E-state index is 0.653. The van der Waals surface area contributed by atoms with Crippen LogP contribution in [0.3, 0.4) is 0 Å². The molecule has 1 fully saturated rings. The van der Waals surface area contributed by atoms with Crippen molar-refractivity contribution in [2.45, 2.75) is 40.0 Å². The van der Waals surface area contributed by atoms with E-state index in [1.54, 1.807) is 0 Å². The van der Waals surface area contributed by atoms with Crippen LogP contribution in [0.15, 0.2) is 18.2 Å². The van der Waals surface area contributed by atoms with Crippen LogP contribution in [0.25, 0.3) is 0 Å². The lowest BCUT2D eigenvalue weighted by atomic mass is 10.1. The zero-order chi connectivity index (χ0) is 17.2. The zero-order valence-corrected chi connectivity index (χ0v) is 15.6. The number of morpholine rings is 1. The molecule has 1 aliphatic heterocycles. The Morgan fingerprint density at radius 1 is 1.12 bits per heavy atom. The first-order valence-electron chi connectivity index (χ1n) is 9.37. The maximum Gasteiger partial charge on any atom is 0.161 e. The summed E-state index contributed by atoms with van der Waals surface area (Å²) >= 11 is 0. The van der Waals surface area contributed by atoms with Crippen molar-refractivity contribution in [2.75, 3.05) is 46.1 Å². The molecule has 0 saturated carbocycles. The first-order chi connectivity index (χ1) is 11.7. The first-order valence-corrected chi connectivity index (χ1v) is 9.37. The molecule has 1 aromatic carbocycles. The van der Waals surface area contributed by atoms with Crippen molar-refractivity contribution in [3.63, 3.8) is 0 Å². The van der Waals surface area contributed by atoms with Gasteiger partial charge in [0.05, 0.1) is 26.4 Å². The second-order valence-electron chi connectivity index (χ2n) is 6.80. The third kappa shape index (κ3) is 6.70. The highest BCUT2D eigenvalue weighted by molar-refractivity contribution is 5.43. The Labute approximate surface area is 147 Å². The molecule has 2 rings (SSSR count). The number of rotatable bonds is 10. The summed E-state index contributed by atoms with van der Waals surface area (Å²) in [6.45, 7) is 12.9. The normalized spacial score (nSPS) is 15.7. The van der Waals surface area contributed by atoms with Crippen molar-refractivity contribution in [3.8, 4) is 11.5 Å². The van der Waals surface area contributed by atoms with Crippen LogP contribution < -0.4 is 9.47 Å². The van der Waals surface area contributed by atoms with Gasteiger partial charge in [0.15, 0.2) is 11.5 Å². The molecular formula is C20H33NO3. The second-order valence-corrected chi connectivity index (χ2v) is 6.80. The van der Waals surface area contributed by atoms with Gasteiger partial charge in [-0.2, -0.15) is 0 Å². The lowest BCUT2D eigenvalue weighted by molar-refractivity contribution is 0.0374. The molecule has 136 valence electrons. The molecule has 4 heteroatoms. The van der Waals surface area contributed by atoms with E-state index in [-0.39, 0.29) is 0 Å². The van der Waals surface area contributed by atoms with Crippen molar-refractivity contribution in [1.29, 1.82) is 0 Å². The van der Waals surface area contributed by atoms with Crippen molar-refractivity contribution in [2.24, 2.45) is 5.92 Å². The third-order valence-electron chi connectivity index (χ3n) is 4.30. The number of hydrogen-bond acceptors (Lipinski definition) is 4. The number of hydrogen-bond donors (Lipinski definition) is 0. The highest BCUT2D eigenvalue weighted by Gasteiger charge is 2.11. The SMILES string of the molecule is CCOc1cc(CCCN2CCOCC2)ccc1OCCC(C)C. The number of aryl methyl sites for hydroxylation is 1. The van der Waals surface area contributed by atoms with Crippen LogP contribution in [0.5, 0.6) is 11.5 Å². The maximum absolute atomic E-state index is 5.91. The highest BCUT2D eigenvalue weighted by atomic mass is 16.5. The Bertz CT molecular complexity index is 470. The maximum atomic E-state index is 5.91. The Balaban J connectivity index is 1.84. The molecule has 0 aliphatic carbocycles. The average Bonchev–Trinajstić information content (AvgIpc) is 2.58. The number of benzene rings is 1. The fraction of sp³-hybridized carbons (Fsp3) is 0.700. The molecule has 24 heavy (non-hydrogen) atoms. The van der Waals surface area contributed by atoms with E-state index in [1.807, 2.05) is 6.92 Å². The highest BCUT2D eigenvalue weighted by Crippen LogP contribution is 2.29. The molecule has 0 amide bonds. The van der Waals surface area contributed by atoms with Crippen LogP contribution in [0.1, 0.15) is 39.2 Å². The Hall–Kier alpha value is -1.26. The lowest BCUT2D eigenvalue weighted by Crippen LogP contribution is -2.36. The van der Waals surface area contributed by atoms with Gasteiger partial charge in [0.25, 0.3) is 0 Å². The Morgan fingerprint density at radius 2 is 1.92 bits per heavy atom. The molecular weight excluding hydrogens is 302 g/mol. The lowest BCUT2D eigenvalue weighted by Gasteiger charge is -2.26. The van der Waals surface area contributed by atoms with Crippen molar-refractivity contribution in [1.82, 2.24) is 4.90 Å². The summed E-state index contributed by atoms with van der Waals surface area (Å²) < 4.78 is 17.1. The van der Waals surface area contributed by atoms with Crippen molar-refractivity contribution >= 4 is 0 Å². The Kier molecular flexibility index (Phi) is 8.40. The summed E-state index contributed by atoms with van der Waals surface area (Å²) in [5.74, 6) is 2.40. The van der Waals surface area contributed by atoms with Crippen molar-refractivity contribution in [3.05, 3.63) is 23.8 Å². The molecule has 1 aromatic rings. The zero-order valence-electron chi connectivity index (χ0n) is 15.6. The van der Waals surface area contributed by atoms with Crippen LogP contribution in [0, 0.1) is 5.92 Å². The molecule has 0 spiro atoms. The number of ether oxygens (including phenoxy) is 3. The topological polar surface area (TPSA) is 30.9 Å². The van der Waals surface area contributed by atoms with E-state index in [0.717, 1.165) is 63.8 Å². The van der Waals surface area contributed by atoms with E-state index in [2.05, 4.69) is 36.9 Å². The molecule has 0 unspecified atom stereocenters. The summed E-state index contributed by atoms with van der Waals surface area (Å²) in [6, 6.07) is 6.38. The van der Waals surface area contributed by atoms with Crippen molar-refractivity contribution < 1.29 is 14.2 Å². The van der Waals surface area contributed by atoms with Gasteiger partial charge >= 0.3 is 0 Å². The van der Waals surface area contributed by atoms with E-state index in [4.69, 9.17) is 14.2 Å². The Morgan fingerprint density at radius 3 is 2.62 bits per heavy atom. The molecule has 1 aliphatic rings. The predicted molar refractivity (Wildman–Crippen MR) is 98.1 cm³/mol. The van der Waals surface area contributed by atoms with Gasteiger partial charge in [-0.25, -0.2) is 0 Å². The minimum atomic E-state index is 0.653. The standard InChI is InChI=1S/C20H33NO3/c1-4-23-20-16-18(6-5-10-21-11-14-22-15-12-21)7-8-19(20)24-13-9-17(2)3/h7-8,16-17H,4-6,9-15H2,1-3H3. The molecule has 0 atom stereocenters. The van der Waals surface area contributed by atoms with E-state index >= 15 is 0 Å². The molecule has 1 saturated heterocycles. The first kappa shape index (κ1) is 19.1. The van der Waals surface area contributed by atoms with Crippen LogP contribution in [0.2, 0.25) is 0 Å². The minimum Gasteiger partial charge on any atom is -0.490 e. The molecule has 0 bridgehead atoms. The van der Waals surface area contributed by atoms with Gasteiger partial charge in [0, 0.05) is 13.1 Å². The molecule has 4 nitrogen and oxygen atoms in total. The van der Waals surface area contributed by atoms with Gasteiger partial charge in [0.1, 0.15) is 0 Å². The predicted octanol–water partition coefficient (Wildman–Crippen LogP) is 3.78.